The van der Waals surface area contributed by atoms with Gasteiger partial charge in [-0.15, -0.1) is 0 Å². The molecule has 0 aliphatic rings. The molecule has 0 bridgehead atoms. The Bertz CT molecular complexity index is 740. The molecule has 0 amide bonds. The Balaban J connectivity index is 2.24. The van der Waals surface area contributed by atoms with Crippen molar-refractivity contribution in [2.45, 2.75) is 6.92 Å². The Morgan fingerprint density at radius 1 is 1.12 bits per heavy atom. The Morgan fingerprint density at radius 2 is 1.94 bits per heavy atom. The molecule has 0 aliphatic carbocycles. The van der Waals surface area contributed by atoms with Crippen molar-refractivity contribution in [1.82, 2.24) is 15.0 Å². The zero-order valence-corrected chi connectivity index (χ0v) is 9.32. The van der Waals surface area contributed by atoms with E-state index in [-0.39, 0.29) is 5.69 Å². The predicted molar refractivity (Wildman–Crippen MR) is 66.9 cm³/mol. The zero-order chi connectivity index (χ0) is 11.8. The number of rotatable bonds is 1. The average Bonchev–Trinajstić information content (AvgIpc) is 2.68. The minimum atomic E-state index is -0.181. The fraction of sp³-hybridized carbons (Fsp3) is 0.0769. The molecule has 0 saturated heterocycles. The highest BCUT2D eigenvalue weighted by Crippen LogP contribution is 2.24. The van der Waals surface area contributed by atoms with Crippen LogP contribution in [0.3, 0.4) is 0 Å². The topological polar surface area (TPSA) is 61.5 Å². The molecule has 2 aromatic heterocycles. The second-order valence-corrected chi connectivity index (χ2v) is 4.03. The summed E-state index contributed by atoms with van der Waals surface area (Å²) in [4.78, 5) is 20.8. The van der Waals surface area contributed by atoms with Gasteiger partial charge in [-0.05, 0) is 36.2 Å². The van der Waals surface area contributed by atoms with E-state index < -0.39 is 0 Å². The molecule has 0 saturated carbocycles. The van der Waals surface area contributed by atoms with Crippen LogP contribution in [0.4, 0.5) is 0 Å². The van der Waals surface area contributed by atoms with E-state index >= 15 is 0 Å². The first-order valence-corrected chi connectivity index (χ1v) is 5.37. The Kier molecular flexibility index (Phi) is 2.08. The standard InChI is InChI=1S/C13H11N3O/c1-8-4-5-14-7-10(8)9-2-3-11-12(6-9)16-13(17)15-11/h2-7H,1H3,(H2,15,16,17). The number of nitrogens with zero attached hydrogens (tertiary/aromatic N) is 1. The third-order valence-corrected chi connectivity index (χ3v) is 2.87. The summed E-state index contributed by atoms with van der Waals surface area (Å²) >= 11 is 0. The first kappa shape index (κ1) is 9.84. The van der Waals surface area contributed by atoms with Crippen LogP contribution in [0.2, 0.25) is 0 Å². The highest BCUT2D eigenvalue weighted by Gasteiger charge is 2.04. The maximum Gasteiger partial charge on any atom is 0.323 e. The third kappa shape index (κ3) is 1.63. The fourth-order valence-electron chi connectivity index (χ4n) is 1.97. The second kappa shape index (κ2) is 3.59. The highest BCUT2D eigenvalue weighted by atomic mass is 16.1. The van der Waals surface area contributed by atoms with Gasteiger partial charge in [0.25, 0.3) is 0 Å². The molecule has 0 aliphatic heterocycles. The van der Waals surface area contributed by atoms with E-state index in [2.05, 4.69) is 15.0 Å². The van der Waals surface area contributed by atoms with Gasteiger partial charge in [-0.3, -0.25) is 4.98 Å². The van der Waals surface area contributed by atoms with Gasteiger partial charge in [0.05, 0.1) is 11.0 Å². The lowest BCUT2D eigenvalue weighted by Crippen LogP contribution is -1.99. The number of aromatic amines is 2. The molecule has 0 spiro atoms. The van der Waals surface area contributed by atoms with E-state index in [1.807, 2.05) is 37.4 Å². The minimum absolute atomic E-state index is 0.181. The highest BCUT2D eigenvalue weighted by molar-refractivity contribution is 5.82. The van der Waals surface area contributed by atoms with E-state index in [1.165, 1.54) is 0 Å². The fourth-order valence-corrected chi connectivity index (χ4v) is 1.97. The molecule has 0 atom stereocenters. The minimum Gasteiger partial charge on any atom is -0.306 e. The van der Waals surface area contributed by atoms with Crippen molar-refractivity contribution in [2.75, 3.05) is 0 Å². The molecule has 3 rings (SSSR count). The van der Waals surface area contributed by atoms with Crippen LogP contribution in [0.5, 0.6) is 0 Å². The first-order chi connectivity index (χ1) is 8.24. The van der Waals surface area contributed by atoms with Gasteiger partial charge in [0, 0.05) is 18.0 Å². The van der Waals surface area contributed by atoms with Gasteiger partial charge < -0.3 is 9.97 Å². The lowest BCUT2D eigenvalue weighted by atomic mass is 10.0. The molecule has 2 heterocycles. The van der Waals surface area contributed by atoms with E-state index in [4.69, 9.17) is 0 Å². The number of aryl methyl sites for hydroxylation is 1. The van der Waals surface area contributed by atoms with Gasteiger partial charge >= 0.3 is 5.69 Å². The van der Waals surface area contributed by atoms with Gasteiger partial charge in [0.1, 0.15) is 0 Å². The van der Waals surface area contributed by atoms with Crippen LogP contribution in [-0.4, -0.2) is 15.0 Å². The van der Waals surface area contributed by atoms with Crippen molar-refractivity contribution in [3.63, 3.8) is 0 Å². The summed E-state index contributed by atoms with van der Waals surface area (Å²) in [5.41, 5.74) is 4.75. The van der Waals surface area contributed by atoms with Crippen molar-refractivity contribution in [3.05, 3.63) is 52.7 Å². The summed E-state index contributed by atoms with van der Waals surface area (Å²) in [6, 6.07) is 7.81. The molecule has 0 unspecified atom stereocenters. The maximum absolute atomic E-state index is 11.2. The van der Waals surface area contributed by atoms with E-state index in [1.54, 1.807) is 6.20 Å². The predicted octanol–water partition coefficient (Wildman–Crippen LogP) is 2.23. The van der Waals surface area contributed by atoms with Crippen LogP contribution < -0.4 is 5.69 Å². The number of nitrogens with one attached hydrogen (secondary N) is 2. The number of H-pyrrole nitrogens is 2. The number of aromatic nitrogens is 3. The summed E-state index contributed by atoms with van der Waals surface area (Å²) in [5.74, 6) is 0. The summed E-state index contributed by atoms with van der Waals surface area (Å²) in [7, 11) is 0. The van der Waals surface area contributed by atoms with Gasteiger partial charge in [-0.25, -0.2) is 4.79 Å². The lowest BCUT2D eigenvalue weighted by molar-refractivity contribution is 1.21. The number of hydrogen-bond donors (Lipinski definition) is 2. The molecule has 1 aromatic carbocycles. The third-order valence-electron chi connectivity index (χ3n) is 2.87. The summed E-state index contributed by atoms with van der Waals surface area (Å²) in [6.07, 6.45) is 3.61. The molecule has 17 heavy (non-hydrogen) atoms. The summed E-state index contributed by atoms with van der Waals surface area (Å²) < 4.78 is 0. The number of hydrogen-bond acceptors (Lipinski definition) is 2. The van der Waals surface area contributed by atoms with Crippen LogP contribution in [0.25, 0.3) is 22.2 Å². The molecule has 84 valence electrons. The molecule has 4 heteroatoms. The van der Waals surface area contributed by atoms with Crippen LogP contribution in [-0.2, 0) is 0 Å². The molecule has 3 aromatic rings. The molecular weight excluding hydrogens is 214 g/mol. The van der Waals surface area contributed by atoms with Crippen LogP contribution >= 0.6 is 0 Å². The SMILES string of the molecule is Cc1ccncc1-c1ccc2[nH]c(=O)[nH]c2c1. The van der Waals surface area contributed by atoms with Crippen molar-refractivity contribution < 1.29 is 0 Å². The first-order valence-electron chi connectivity index (χ1n) is 5.37. The van der Waals surface area contributed by atoms with Gasteiger partial charge in [-0.1, -0.05) is 6.07 Å². The van der Waals surface area contributed by atoms with Crippen molar-refractivity contribution in [2.24, 2.45) is 0 Å². The molecule has 4 nitrogen and oxygen atoms in total. The van der Waals surface area contributed by atoms with Crippen LogP contribution in [0.1, 0.15) is 5.56 Å². The van der Waals surface area contributed by atoms with Crippen LogP contribution in [0, 0.1) is 6.92 Å². The largest absolute Gasteiger partial charge is 0.323 e. The van der Waals surface area contributed by atoms with E-state index in [0.717, 1.165) is 27.7 Å². The molecule has 0 radical (unpaired) electrons. The van der Waals surface area contributed by atoms with Gasteiger partial charge in [0.2, 0.25) is 0 Å². The maximum atomic E-state index is 11.2. The quantitative estimate of drug-likeness (QED) is 0.667. The average molecular weight is 225 g/mol. The Labute approximate surface area is 97.3 Å². The number of fused-ring (bicyclic) bond motifs is 1. The normalized spacial score (nSPS) is 10.9. The Hall–Kier alpha value is -2.36. The number of pyridine rings is 1. The zero-order valence-electron chi connectivity index (χ0n) is 9.32. The van der Waals surface area contributed by atoms with Crippen molar-refractivity contribution >= 4 is 11.0 Å². The molecule has 2 N–H and O–H groups in total. The van der Waals surface area contributed by atoms with Gasteiger partial charge in [0.15, 0.2) is 0 Å². The Morgan fingerprint density at radius 3 is 2.76 bits per heavy atom. The second-order valence-electron chi connectivity index (χ2n) is 4.03. The van der Waals surface area contributed by atoms with Crippen molar-refractivity contribution in [1.29, 1.82) is 0 Å². The van der Waals surface area contributed by atoms with Gasteiger partial charge in [-0.2, -0.15) is 0 Å². The lowest BCUT2D eigenvalue weighted by Gasteiger charge is -2.04. The number of imidazole rings is 1. The van der Waals surface area contributed by atoms with E-state index in [9.17, 15) is 4.79 Å². The summed E-state index contributed by atoms with van der Waals surface area (Å²) in [5, 5.41) is 0. The molecular formula is C13H11N3O. The van der Waals surface area contributed by atoms with Crippen LogP contribution in [0.15, 0.2) is 41.5 Å². The monoisotopic (exact) mass is 225 g/mol. The number of benzene rings is 1. The molecule has 0 fully saturated rings. The van der Waals surface area contributed by atoms with E-state index in [0.29, 0.717) is 0 Å². The summed E-state index contributed by atoms with van der Waals surface area (Å²) in [6.45, 7) is 2.04. The van der Waals surface area contributed by atoms with Crippen molar-refractivity contribution in [3.8, 4) is 11.1 Å². The smallest absolute Gasteiger partial charge is 0.306 e.